The van der Waals surface area contributed by atoms with Crippen LogP contribution in [0.15, 0.2) is 10.7 Å². The Balaban J connectivity index is 2.76. The summed E-state index contributed by atoms with van der Waals surface area (Å²) in [6.45, 7) is 0. The average Bonchev–Trinajstić information content (AvgIpc) is 2.14. The fraction of sp³-hybridized carbons (Fsp3) is 0.333. The van der Waals surface area contributed by atoms with Crippen molar-refractivity contribution < 1.29 is 4.52 Å². The zero-order valence-electron chi connectivity index (χ0n) is 3.88. The van der Waals surface area contributed by atoms with E-state index in [0.717, 1.165) is 0 Å². The Morgan fingerprint density at radius 2 is 2.71 bits per heavy atom. The minimum atomic E-state index is 0.583. The SMILES string of the molecule is CNc1cnno1. The van der Waals surface area contributed by atoms with Crippen LogP contribution in [0.25, 0.3) is 0 Å². The number of nitrogens with one attached hydrogen (secondary N) is 1. The van der Waals surface area contributed by atoms with E-state index in [1.807, 2.05) is 0 Å². The van der Waals surface area contributed by atoms with E-state index in [9.17, 15) is 0 Å². The number of hydrogen-bond donors (Lipinski definition) is 1. The van der Waals surface area contributed by atoms with Gasteiger partial charge in [-0.2, -0.15) is 0 Å². The predicted molar refractivity (Wildman–Crippen MR) is 23.8 cm³/mol. The summed E-state index contributed by atoms with van der Waals surface area (Å²) in [7, 11) is 1.74. The molecule has 0 aliphatic heterocycles. The molecule has 0 bridgehead atoms. The predicted octanol–water partition coefficient (Wildman–Crippen LogP) is 0.111. The molecule has 0 aromatic carbocycles. The van der Waals surface area contributed by atoms with Crippen LogP contribution in [-0.4, -0.2) is 17.4 Å². The highest BCUT2D eigenvalue weighted by atomic mass is 16.5. The lowest BCUT2D eigenvalue weighted by atomic mass is 10.8. The van der Waals surface area contributed by atoms with Gasteiger partial charge in [-0.1, -0.05) is 0 Å². The van der Waals surface area contributed by atoms with Crippen LogP contribution in [0, 0.1) is 0 Å². The van der Waals surface area contributed by atoms with Crippen molar-refractivity contribution in [2.24, 2.45) is 0 Å². The number of rotatable bonds is 1. The quantitative estimate of drug-likeness (QED) is 0.543. The van der Waals surface area contributed by atoms with Gasteiger partial charge in [0.1, 0.15) is 6.20 Å². The maximum atomic E-state index is 4.51. The molecule has 0 amide bonds. The van der Waals surface area contributed by atoms with E-state index < -0.39 is 0 Å². The van der Waals surface area contributed by atoms with Gasteiger partial charge in [-0.25, -0.2) is 0 Å². The van der Waals surface area contributed by atoms with Crippen molar-refractivity contribution in [3.63, 3.8) is 0 Å². The maximum Gasteiger partial charge on any atom is 0.245 e. The lowest BCUT2D eigenvalue weighted by molar-refractivity contribution is 0.405. The molecule has 4 nitrogen and oxygen atoms in total. The first-order chi connectivity index (χ1) is 3.43. The second-order valence-electron chi connectivity index (χ2n) is 1.03. The Bertz CT molecular complexity index is 125. The fourth-order valence-electron chi connectivity index (χ4n) is 0.277. The first-order valence-electron chi connectivity index (χ1n) is 1.88. The first-order valence-corrected chi connectivity index (χ1v) is 1.88. The molecule has 0 spiro atoms. The second-order valence-corrected chi connectivity index (χ2v) is 1.03. The summed E-state index contributed by atoms with van der Waals surface area (Å²) < 4.78 is 4.51. The highest BCUT2D eigenvalue weighted by Crippen LogP contribution is 1.96. The normalized spacial score (nSPS) is 8.71. The molecule has 0 unspecified atom stereocenters. The van der Waals surface area contributed by atoms with E-state index in [1.165, 1.54) is 6.20 Å². The molecule has 0 radical (unpaired) electrons. The highest BCUT2D eigenvalue weighted by Gasteiger charge is 1.86. The van der Waals surface area contributed by atoms with Crippen molar-refractivity contribution in [3.05, 3.63) is 6.20 Å². The van der Waals surface area contributed by atoms with Crippen LogP contribution in [0.3, 0.4) is 0 Å². The van der Waals surface area contributed by atoms with Crippen molar-refractivity contribution in [1.29, 1.82) is 0 Å². The molecule has 1 rings (SSSR count). The smallest absolute Gasteiger partial charge is 0.245 e. The summed E-state index contributed by atoms with van der Waals surface area (Å²) in [6, 6.07) is 0. The lowest BCUT2D eigenvalue weighted by Crippen LogP contribution is -1.81. The van der Waals surface area contributed by atoms with Gasteiger partial charge in [0.15, 0.2) is 0 Å². The van der Waals surface area contributed by atoms with Gasteiger partial charge < -0.3 is 9.84 Å². The third kappa shape index (κ3) is 0.677. The molecule has 38 valence electrons. The largest absolute Gasteiger partial charge is 0.356 e. The third-order valence-electron chi connectivity index (χ3n) is 0.608. The molecular formula is C3H5N3O. The molecule has 1 N–H and O–H groups in total. The fourth-order valence-corrected chi connectivity index (χ4v) is 0.277. The van der Waals surface area contributed by atoms with Crippen LogP contribution in [0.1, 0.15) is 0 Å². The monoisotopic (exact) mass is 99.0 g/mol. The Hall–Kier alpha value is -1.06. The number of anilines is 1. The second kappa shape index (κ2) is 1.59. The topological polar surface area (TPSA) is 51.0 Å². The number of hydrogen-bond acceptors (Lipinski definition) is 4. The number of nitrogens with zero attached hydrogens (tertiary/aromatic N) is 2. The van der Waals surface area contributed by atoms with Gasteiger partial charge in [-0.15, -0.1) is 5.10 Å². The van der Waals surface area contributed by atoms with E-state index in [1.54, 1.807) is 7.05 Å². The summed E-state index contributed by atoms with van der Waals surface area (Å²) in [4.78, 5) is 0. The lowest BCUT2D eigenvalue weighted by Gasteiger charge is -1.81. The standard InChI is InChI=1S/C3H5N3O/c1-4-3-2-5-6-7-3/h2,4H,1H3. The van der Waals surface area contributed by atoms with Crippen molar-refractivity contribution in [1.82, 2.24) is 10.4 Å². The zero-order chi connectivity index (χ0) is 5.11. The summed E-state index contributed by atoms with van der Waals surface area (Å²) >= 11 is 0. The van der Waals surface area contributed by atoms with Gasteiger partial charge in [0.2, 0.25) is 5.88 Å². The highest BCUT2D eigenvalue weighted by molar-refractivity contribution is 5.22. The first kappa shape index (κ1) is 4.11. The van der Waals surface area contributed by atoms with E-state index in [4.69, 9.17) is 0 Å². The molecule has 0 saturated carbocycles. The minimum Gasteiger partial charge on any atom is -0.356 e. The van der Waals surface area contributed by atoms with Crippen LogP contribution in [0.2, 0.25) is 0 Å². The molecule has 0 fully saturated rings. The van der Waals surface area contributed by atoms with Crippen molar-refractivity contribution in [2.45, 2.75) is 0 Å². The van der Waals surface area contributed by atoms with Crippen LogP contribution in [0.4, 0.5) is 5.88 Å². The molecule has 1 aromatic heterocycles. The Labute approximate surface area is 40.5 Å². The van der Waals surface area contributed by atoms with E-state index in [2.05, 4.69) is 20.2 Å². The molecule has 1 heterocycles. The summed E-state index contributed by atoms with van der Waals surface area (Å²) in [5.74, 6) is 0.583. The zero-order valence-corrected chi connectivity index (χ0v) is 3.88. The summed E-state index contributed by atoms with van der Waals surface area (Å²) in [5, 5.41) is 9.33. The Morgan fingerprint density at radius 1 is 1.86 bits per heavy atom. The van der Waals surface area contributed by atoms with Gasteiger partial charge in [0.25, 0.3) is 0 Å². The molecule has 1 aromatic rings. The molecular weight excluding hydrogens is 94.1 g/mol. The molecule has 7 heavy (non-hydrogen) atoms. The van der Waals surface area contributed by atoms with Crippen molar-refractivity contribution >= 4 is 5.88 Å². The average molecular weight is 99.1 g/mol. The summed E-state index contributed by atoms with van der Waals surface area (Å²) in [5.41, 5.74) is 0. The number of aromatic nitrogens is 2. The van der Waals surface area contributed by atoms with Gasteiger partial charge >= 0.3 is 0 Å². The van der Waals surface area contributed by atoms with Crippen molar-refractivity contribution in [3.8, 4) is 0 Å². The molecule has 0 saturated heterocycles. The van der Waals surface area contributed by atoms with Crippen LogP contribution >= 0.6 is 0 Å². The maximum absolute atomic E-state index is 4.51. The van der Waals surface area contributed by atoms with Gasteiger partial charge in [-0.3, -0.25) is 0 Å². The van der Waals surface area contributed by atoms with Crippen LogP contribution in [0.5, 0.6) is 0 Å². The van der Waals surface area contributed by atoms with E-state index >= 15 is 0 Å². The van der Waals surface area contributed by atoms with E-state index in [0.29, 0.717) is 5.88 Å². The molecule has 0 aliphatic carbocycles. The van der Waals surface area contributed by atoms with Crippen LogP contribution in [-0.2, 0) is 0 Å². The van der Waals surface area contributed by atoms with E-state index in [-0.39, 0.29) is 0 Å². The Morgan fingerprint density at radius 3 is 3.00 bits per heavy atom. The molecule has 0 aliphatic rings. The van der Waals surface area contributed by atoms with Crippen molar-refractivity contribution in [2.75, 3.05) is 12.4 Å². The van der Waals surface area contributed by atoms with Crippen LogP contribution < -0.4 is 5.32 Å². The van der Waals surface area contributed by atoms with Gasteiger partial charge in [0.05, 0.1) is 0 Å². The Kier molecular flexibility index (Phi) is 0.934. The molecule has 4 heteroatoms. The molecule has 0 atom stereocenters. The van der Waals surface area contributed by atoms with Gasteiger partial charge in [-0.05, 0) is 0 Å². The third-order valence-corrected chi connectivity index (χ3v) is 0.608. The van der Waals surface area contributed by atoms with Gasteiger partial charge in [0, 0.05) is 12.3 Å². The minimum absolute atomic E-state index is 0.583. The summed E-state index contributed by atoms with van der Waals surface area (Å²) in [6.07, 6.45) is 1.50.